The summed E-state index contributed by atoms with van der Waals surface area (Å²) < 4.78 is 2.55. The first-order chi connectivity index (χ1) is 26.1. The van der Waals surface area contributed by atoms with Crippen molar-refractivity contribution in [1.29, 1.82) is 0 Å². The van der Waals surface area contributed by atoms with E-state index in [4.69, 9.17) is 0 Å². The largest absolute Gasteiger partial charge is 0.311 e. The van der Waals surface area contributed by atoms with Crippen molar-refractivity contribution in [2.45, 2.75) is 52.4 Å². The van der Waals surface area contributed by atoms with Crippen molar-refractivity contribution in [3.63, 3.8) is 0 Å². The number of hydrogen-bond donors (Lipinski definition) is 0. The summed E-state index contributed by atoms with van der Waals surface area (Å²) in [5.41, 5.74) is 18.0. The lowest BCUT2D eigenvalue weighted by molar-refractivity contribution is 0.590. The normalized spacial score (nSPS) is 14.0. The molecule has 0 bridgehead atoms. The molecule has 11 rings (SSSR count). The monoisotopic (exact) mass is 695 g/mol. The van der Waals surface area contributed by atoms with Gasteiger partial charge in [-0.05, 0) is 86.9 Å². The molecule has 0 saturated carbocycles. The number of nitrogens with zero attached hydrogens (tertiary/aromatic N) is 3. The minimum absolute atomic E-state index is 0.00796. The third-order valence-corrected chi connectivity index (χ3v) is 12.2. The summed E-state index contributed by atoms with van der Waals surface area (Å²) in [4.78, 5) is 5.18. The molecule has 2 aliphatic heterocycles. The van der Waals surface area contributed by atoms with Crippen LogP contribution in [0.15, 0.2) is 146 Å². The van der Waals surface area contributed by atoms with E-state index in [9.17, 15) is 0 Å². The third-order valence-electron chi connectivity index (χ3n) is 12.2. The Morgan fingerprint density at radius 3 is 1.56 bits per heavy atom. The highest BCUT2D eigenvalue weighted by atomic mass is 15.2. The van der Waals surface area contributed by atoms with Crippen LogP contribution in [0.3, 0.4) is 0 Å². The van der Waals surface area contributed by atoms with Crippen LogP contribution in [-0.2, 0) is 10.8 Å². The summed E-state index contributed by atoms with van der Waals surface area (Å²) in [6, 6.07) is 55.0. The van der Waals surface area contributed by atoms with Gasteiger partial charge in [0.1, 0.15) is 0 Å². The zero-order valence-corrected chi connectivity index (χ0v) is 31.8. The Bertz CT molecular complexity index is 2960. The molecule has 2 aromatic heterocycles. The van der Waals surface area contributed by atoms with E-state index < -0.39 is 0 Å². The van der Waals surface area contributed by atoms with Crippen LogP contribution in [0.2, 0.25) is 0 Å². The van der Waals surface area contributed by atoms with E-state index in [-0.39, 0.29) is 17.5 Å². The van der Waals surface area contributed by atoms with E-state index >= 15 is 0 Å². The van der Waals surface area contributed by atoms with Gasteiger partial charge in [-0.2, -0.15) is 0 Å². The van der Waals surface area contributed by atoms with Gasteiger partial charge >= 0.3 is 0 Å². The lowest BCUT2D eigenvalue weighted by Gasteiger charge is -2.45. The average Bonchev–Trinajstić information content (AvgIpc) is 3.70. The van der Waals surface area contributed by atoms with Crippen molar-refractivity contribution in [3.05, 3.63) is 157 Å². The van der Waals surface area contributed by atoms with Crippen molar-refractivity contribution in [1.82, 2.24) is 4.40 Å². The SMILES string of the molecule is CC(C)(C)c1ccc(N2c3ccc(C(C)(C)C)cc3B3c4ccccc4N(c4ccccc4)c4c3c2c2c3ccccc3n3c5ccccc5c4c23)cc1. The van der Waals surface area contributed by atoms with Crippen molar-refractivity contribution in [3.8, 4) is 0 Å². The number of hydrogen-bond acceptors (Lipinski definition) is 2. The molecule has 54 heavy (non-hydrogen) atoms. The molecule has 0 amide bonds. The van der Waals surface area contributed by atoms with Crippen LogP contribution < -0.4 is 26.2 Å². The molecule has 0 atom stereocenters. The maximum atomic E-state index is 2.61. The molecule has 0 saturated heterocycles. The second kappa shape index (κ2) is 10.8. The van der Waals surface area contributed by atoms with Gasteiger partial charge in [0.05, 0.1) is 27.9 Å². The summed E-state index contributed by atoms with van der Waals surface area (Å²) in [6.07, 6.45) is 0. The van der Waals surface area contributed by atoms with Gasteiger partial charge < -0.3 is 14.2 Å². The van der Waals surface area contributed by atoms with Gasteiger partial charge in [-0.25, -0.2) is 0 Å². The molecule has 9 aromatic rings. The van der Waals surface area contributed by atoms with Crippen molar-refractivity contribution in [2.24, 2.45) is 0 Å². The first-order valence-electron chi connectivity index (χ1n) is 19.3. The molecule has 0 spiro atoms. The molecule has 0 N–H and O–H groups in total. The topological polar surface area (TPSA) is 10.9 Å². The standard InChI is InChI=1S/C50H42BN3/c1-49(2,3)31-24-27-34(28-25-31)53-42-29-26-32(50(4,5)6)30-38(42)51-37-20-12-15-23-41(37)52(33-16-8-7-9-17-33)47-43-35-18-10-13-21-39(35)54-40-22-14-11-19-36(40)44(46(43)54)48(53)45(47)51/h7-30H,1-6H3. The fourth-order valence-corrected chi connectivity index (χ4v) is 9.67. The highest BCUT2D eigenvalue weighted by Crippen LogP contribution is 2.54. The minimum Gasteiger partial charge on any atom is -0.311 e. The molecule has 0 unspecified atom stereocenters. The van der Waals surface area contributed by atoms with Gasteiger partial charge in [-0.15, -0.1) is 0 Å². The van der Waals surface area contributed by atoms with E-state index in [1.165, 1.54) is 99.7 Å². The maximum absolute atomic E-state index is 2.61. The zero-order valence-electron chi connectivity index (χ0n) is 31.8. The summed E-state index contributed by atoms with van der Waals surface area (Å²) in [6.45, 7) is 13.9. The summed E-state index contributed by atoms with van der Waals surface area (Å²) in [5.74, 6) is 0. The number of rotatable bonds is 2. The first-order valence-corrected chi connectivity index (χ1v) is 19.3. The zero-order chi connectivity index (χ0) is 36.7. The summed E-state index contributed by atoms with van der Waals surface area (Å²) in [7, 11) is 0. The van der Waals surface area contributed by atoms with Gasteiger partial charge in [0, 0.05) is 44.3 Å². The Morgan fingerprint density at radius 2 is 0.944 bits per heavy atom. The van der Waals surface area contributed by atoms with E-state index in [0.29, 0.717) is 0 Å². The third kappa shape index (κ3) is 4.14. The lowest BCUT2D eigenvalue weighted by Crippen LogP contribution is -2.61. The molecular formula is C50H42BN3. The van der Waals surface area contributed by atoms with Crippen molar-refractivity contribution >= 4 is 95.3 Å². The predicted octanol–water partition coefficient (Wildman–Crippen LogP) is 11.5. The van der Waals surface area contributed by atoms with Gasteiger partial charge in [0.15, 0.2) is 0 Å². The fourth-order valence-electron chi connectivity index (χ4n) is 9.67. The molecule has 260 valence electrons. The molecule has 3 nitrogen and oxygen atoms in total. The number of benzene rings is 7. The first kappa shape index (κ1) is 31.5. The molecule has 0 aliphatic carbocycles. The van der Waals surface area contributed by atoms with Crippen molar-refractivity contribution < 1.29 is 0 Å². The average molecular weight is 696 g/mol. The van der Waals surface area contributed by atoms with Crippen LogP contribution in [-0.4, -0.2) is 11.1 Å². The number of para-hydroxylation sites is 4. The number of fused-ring (bicyclic) bond motifs is 12. The molecule has 0 fully saturated rings. The lowest BCUT2D eigenvalue weighted by atomic mass is 9.33. The van der Waals surface area contributed by atoms with Crippen LogP contribution >= 0.6 is 0 Å². The quantitative estimate of drug-likeness (QED) is 0.167. The molecule has 2 aliphatic rings. The van der Waals surface area contributed by atoms with Crippen LogP contribution in [0.5, 0.6) is 0 Å². The predicted molar refractivity (Wildman–Crippen MR) is 233 cm³/mol. The van der Waals surface area contributed by atoms with Crippen LogP contribution in [0.25, 0.3) is 38.1 Å². The molecule has 4 heteroatoms. The Kier molecular flexibility index (Phi) is 6.30. The Morgan fingerprint density at radius 1 is 0.444 bits per heavy atom. The Hall–Kier alpha value is -6.00. The maximum Gasteiger partial charge on any atom is 0.252 e. The van der Waals surface area contributed by atoms with Crippen LogP contribution in [0.4, 0.5) is 34.1 Å². The van der Waals surface area contributed by atoms with Gasteiger partial charge in [0.25, 0.3) is 6.71 Å². The van der Waals surface area contributed by atoms with E-state index in [2.05, 4.69) is 201 Å². The Balaban J connectivity index is 1.40. The smallest absolute Gasteiger partial charge is 0.252 e. The molecular weight excluding hydrogens is 653 g/mol. The highest BCUT2D eigenvalue weighted by molar-refractivity contribution is 7.01. The summed E-state index contributed by atoms with van der Waals surface area (Å²) in [5, 5.41) is 5.21. The molecule has 4 heterocycles. The second-order valence-electron chi connectivity index (χ2n) is 17.4. The van der Waals surface area contributed by atoms with Crippen molar-refractivity contribution in [2.75, 3.05) is 9.80 Å². The van der Waals surface area contributed by atoms with Crippen LogP contribution in [0.1, 0.15) is 52.7 Å². The van der Waals surface area contributed by atoms with E-state index in [0.717, 1.165) is 0 Å². The Labute approximate surface area is 317 Å². The van der Waals surface area contributed by atoms with Crippen LogP contribution in [0, 0.1) is 0 Å². The summed E-state index contributed by atoms with van der Waals surface area (Å²) >= 11 is 0. The van der Waals surface area contributed by atoms with Gasteiger partial charge in [0.2, 0.25) is 0 Å². The number of aromatic nitrogens is 1. The molecule has 0 radical (unpaired) electrons. The highest BCUT2D eigenvalue weighted by Gasteiger charge is 2.46. The van der Waals surface area contributed by atoms with Gasteiger partial charge in [-0.3, -0.25) is 0 Å². The number of anilines is 6. The minimum atomic E-state index is -0.00796. The van der Waals surface area contributed by atoms with E-state index in [1.807, 2.05) is 0 Å². The molecule has 7 aromatic carbocycles. The van der Waals surface area contributed by atoms with E-state index in [1.54, 1.807) is 0 Å². The second-order valence-corrected chi connectivity index (χ2v) is 17.4. The fraction of sp³-hybridized carbons (Fsp3) is 0.160. The van der Waals surface area contributed by atoms with Gasteiger partial charge in [-0.1, -0.05) is 139 Å².